The Kier molecular flexibility index (Phi) is 7.30. The first kappa shape index (κ1) is 15.0. The summed E-state index contributed by atoms with van der Waals surface area (Å²) in [5.74, 6) is 1.80. The third-order valence-corrected chi connectivity index (χ3v) is 4.05. The van der Waals surface area contributed by atoms with Crippen molar-refractivity contribution < 1.29 is 0 Å². The Hall–Kier alpha value is 0. The zero-order valence-electron chi connectivity index (χ0n) is 11.9. The molecule has 0 bridgehead atoms. The van der Waals surface area contributed by atoms with E-state index in [4.69, 9.17) is 0 Å². The van der Waals surface area contributed by atoms with Crippen LogP contribution >= 0.6 is 0 Å². The van der Waals surface area contributed by atoms with Gasteiger partial charge < -0.3 is 0 Å². The van der Waals surface area contributed by atoms with Gasteiger partial charge in [-0.3, -0.25) is 0 Å². The Morgan fingerprint density at radius 1 is 1.00 bits per heavy atom. The van der Waals surface area contributed by atoms with Crippen molar-refractivity contribution in [2.24, 2.45) is 17.3 Å². The molecule has 0 saturated carbocycles. The smallest absolute Gasteiger partial charge is 0.0326 e. The van der Waals surface area contributed by atoms with E-state index in [9.17, 15) is 0 Å². The third-order valence-electron chi connectivity index (χ3n) is 4.05. The van der Waals surface area contributed by atoms with Crippen molar-refractivity contribution >= 4 is 0 Å². The molecule has 0 radical (unpaired) electrons. The minimum Gasteiger partial charge on any atom is -0.0654 e. The van der Waals surface area contributed by atoms with Gasteiger partial charge in [-0.05, 0) is 36.5 Å². The van der Waals surface area contributed by atoms with Crippen LogP contribution in [-0.4, -0.2) is 0 Å². The first-order valence-electron chi connectivity index (χ1n) is 6.97. The lowest BCUT2D eigenvalue weighted by Crippen LogP contribution is -2.19. The van der Waals surface area contributed by atoms with Crippen molar-refractivity contribution in [3.05, 3.63) is 0 Å². The van der Waals surface area contributed by atoms with E-state index >= 15 is 0 Å². The summed E-state index contributed by atoms with van der Waals surface area (Å²) in [5, 5.41) is 0. The van der Waals surface area contributed by atoms with Gasteiger partial charge in [0.25, 0.3) is 0 Å². The van der Waals surface area contributed by atoms with Gasteiger partial charge in [0, 0.05) is 0 Å². The highest BCUT2D eigenvalue weighted by Crippen LogP contribution is 2.36. The molecule has 0 aliphatic carbocycles. The maximum Gasteiger partial charge on any atom is -0.0326 e. The lowest BCUT2D eigenvalue weighted by molar-refractivity contribution is 0.200. The van der Waals surface area contributed by atoms with Crippen molar-refractivity contribution in [2.45, 2.75) is 80.1 Å². The van der Waals surface area contributed by atoms with Crippen LogP contribution in [0.15, 0.2) is 0 Å². The van der Waals surface area contributed by atoms with Gasteiger partial charge in [0.2, 0.25) is 0 Å². The van der Waals surface area contributed by atoms with Crippen LogP contribution in [0.25, 0.3) is 0 Å². The monoisotopic (exact) mass is 212 g/mol. The fourth-order valence-electron chi connectivity index (χ4n) is 2.80. The number of rotatable bonds is 8. The second kappa shape index (κ2) is 7.30. The maximum atomic E-state index is 2.48. The highest BCUT2D eigenvalue weighted by Gasteiger charge is 2.24. The maximum absolute atomic E-state index is 2.48. The zero-order valence-corrected chi connectivity index (χ0v) is 11.9. The molecule has 0 N–H and O–H groups in total. The molecular formula is C15H32. The highest BCUT2D eigenvalue weighted by atomic mass is 14.3. The first-order chi connectivity index (χ1) is 6.97. The molecule has 0 aromatic rings. The molecular weight excluding hydrogens is 180 g/mol. The summed E-state index contributed by atoms with van der Waals surface area (Å²) in [5.41, 5.74) is 0.599. The fraction of sp³-hybridized carbons (Fsp3) is 1.00. The van der Waals surface area contributed by atoms with Gasteiger partial charge in [0.05, 0.1) is 0 Å². The molecule has 15 heavy (non-hydrogen) atoms. The van der Waals surface area contributed by atoms with E-state index in [0.29, 0.717) is 5.41 Å². The SMILES string of the molecule is CCCC(C)(CC)CC(C)CC(C)CC. The molecule has 0 fully saturated rings. The normalized spacial score (nSPS) is 19.6. The molecule has 0 aliphatic rings. The Balaban J connectivity index is 4.05. The standard InChI is InChI=1S/C15H32/c1-7-10-15(6,9-3)12-14(5)11-13(4)8-2/h13-14H,7-12H2,1-6H3. The minimum absolute atomic E-state index is 0.599. The van der Waals surface area contributed by atoms with Crippen LogP contribution in [0, 0.1) is 17.3 Å². The lowest BCUT2D eigenvalue weighted by Gasteiger charge is -2.32. The molecule has 3 unspecified atom stereocenters. The van der Waals surface area contributed by atoms with Gasteiger partial charge in [-0.1, -0.05) is 60.8 Å². The Morgan fingerprint density at radius 3 is 2.00 bits per heavy atom. The van der Waals surface area contributed by atoms with Crippen LogP contribution in [0.1, 0.15) is 80.1 Å². The molecule has 0 rings (SSSR count). The van der Waals surface area contributed by atoms with Crippen LogP contribution in [0.4, 0.5) is 0 Å². The predicted molar refractivity (Wildman–Crippen MR) is 71.2 cm³/mol. The van der Waals surface area contributed by atoms with E-state index in [0.717, 1.165) is 11.8 Å². The van der Waals surface area contributed by atoms with E-state index in [1.54, 1.807) is 0 Å². The van der Waals surface area contributed by atoms with Gasteiger partial charge in [-0.2, -0.15) is 0 Å². The quantitative estimate of drug-likeness (QED) is 0.486. The first-order valence-corrected chi connectivity index (χ1v) is 6.97. The second-order valence-corrected chi connectivity index (χ2v) is 5.97. The van der Waals surface area contributed by atoms with Crippen LogP contribution in [0.2, 0.25) is 0 Å². The Labute approximate surface area is 97.8 Å². The molecule has 0 aliphatic heterocycles. The van der Waals surface area contributed by atoms with Crippen molar-refractivity contribution in [1.29, 1.82) is 0 Å². The van der Waals surface area contributed by atoms with Crippen molar-refractivity contribution in [1.82, 2.24) is 0 Å². The summed E-state index contributed by atoms with van der Waals surface area (Å²) < 4.78 is 0. The molecule has 3 atom stereocenters. The summed E-state index contributed by atoms with van der Waals surface area (Å²) in [6.07, 6.45) is 8.23. The van der Waals surface area contributed by atoms with Gasteiger partial charge in [0.15, 0.2) is 0 Å². The summed E-state index contributed by atoms with van der Waals surface area (Å²) in [6.45, 7) is 14.3. The lowest BCUT2D eigenvalue weighted by atomic mass is 9.74. The Bertz CT molecular complexity index is 150. The van der Waals surface area contributed by atoms with Gasteiger partial charge in [-0.25, -0.2) is 0 Å². The minimum atomic E-state index is 0.599. The van der Waals surface area contributed by atoms with Crippen molar-refractivity contribution in [3.8, 4) is 0 Å². The molecule has 0 heterocycles. The molecule has 0 spiro atoms. The van der Waals surface area contributed by atoms with Crippen LogP contribution in [0.5, 0.6) is 0 Å². The summed E-state index contributed by atoms with van der Waals surface area (Å²) in [4.78, 5) is 0. The second-order valence-electron chi connectivity index (χ2n) is 5.97. The van der Waals surface area contributed by atoms with Gasteiger partial charge in [0.1, 0.15) is 0 Å². The number of hydrogen-bond acceptors (Lipinski definition) is 0. The summed E-state index contributed by atoms with van der Waals surface area (Å²) >= 11 is 0. The molecule has 92 valence electrons. The van der Waals surface area contributed by atoms with E-state index in [1.807, 2.05) is 0 Å². The van der Waals surface area contributed by atoms with Gasteiger partial charge in [-0.15, -0.1) is 0 Å². The van der Waals surface area contributed by atoms with Crippen LogP contribution in [-0.2, 0) is 0 Å². The summed E-state index contributed by atoms with van der Waals surface area (Å²) in [7, 11) is 0. The largest absolute Gasteiger partial charge is 0.0654 e. The third kappa shape index (κ3) is 6.22. The van der Waals surface area contributed by atoms with Crippen LogP contribution in [0.3, 0.4) is 0 Å². The molecule has 0 heteroatoms. The molecule has 0 nitrogen and oxygen atoms in total. The van der Waals surface area contributed by atoms with Gasteiger partial charge >= 0.3 is 0 Å². The fourth-order valence-corrected chi connectivity index (χ4v) is 2.80. The van der Waals surface area contributed by atoms with Crippen molar-refractivity contribution in [2.75, 3.05) is 0 Å². The van der Waals surface area contributed by atoms with E-state index in [-0.39, 0.29) is 0 Å². The zero-order chi connectivity index (χ0) is 11.9. The molecule has 0 aromatic heterocycles. The molecule has 0 aromatic carbocycles. The highest BCUT2D eigenvalue weighted by molar-refractivity contribution is 4.75. The average Bonchev–Trinajstić information content (AvgIpc) is 2.17. The van der Waals surface area contributed by atoms with E-state index in [2.05, 4.69) is 41.5 Å². The Morgan fingerprint density at radius 2 is 1.60 bits per heavy atom. The number of hydrogen-bond donors (Lipinski definition) is 0. The molecule has 0 saturated heterocycles. The van der Waals surface area contributed by atoms with Crippen LogP contribution < -0.4 is 0 Å². The van der Waals surface area contributed by atoms with E-state index in [1.165, 1.54) is 38.5 Å². The predicted octanol–water partition coefficient (Wildman–Crippen LogP) is 5.67. The van der Waals surface area contributed by atoms with Crippen molar-refractivity contribution in [3.63, 3.8) is 0 Å². The van der Waals surface area contributed by atoms with E-state index < -0.39 is 0 Å². The molecule has 0 amide bonds. The average molecular weight is 212 g/mol. The topological polar surface area (TPSA) is 0 Å². The summed E-state index contributed by atoms with van der Waals surface area (Å²) in [6, 6.07) is 0.